The molecule has 2 N–H and O–H groups in total. The molecule has 0 amide bonds. The van der Waals surface area contributed by atoms with Gasteiger partial charge < -0.3 is 10.3 Å². The third kappa shape index (κ3) is 1.61. The number of nitrogens with zero attached hydrogens (tertiary/aromatic N) is 1. The van der Waals surface area contributed by atoms with E-state index in [2.05, 4.69) is 0 Å². The summed E-state index contributed by atoms with van der Waals surface area (Å²) in [5.74, 6) is -0.351. The quantitative estimate of drug-likeness (QED) is 0.795. The second kappa shape index (κ2) is 3.72. The van der Waals surface area contributed by atoms with Crippen molar-refractivity contribution in [2.45, 2.75) is 13.0 Å². The molecule has 1 heterocycles. The average Bonchev–Trinajstić information content (AvgIpc) is 2.23. The monoisotopic (exact) mass is 220 g/mol. The van der Waals surface area contributed by atoms with Gasteiger partial charge in [-0.05, 0) is 36.6 Å². The number of aryl methyl sites for hydroxylation is 1. The zero-order chi connectivity index (χ0) is 11.9. The molecule has 0 spiro atoms. The van der Waals surface area contributed by atoms with Gasteiger partial charge in [-0.25, -0.2) is 4.39 Å². The summed E-state index contributed by atoms with van der Waals surface area (Å²) in [6.07, 6.45) is 0. The maximum absolute atomic E-state index is 13.1. The molecule has 0 bridgehead atoms. The van der Waals surface area contributed by atoms with E-state index in [1.54, 1.807) is 26.1 Å². The van der Waals surface area contributed by atoms with Gasteiger partial charge in [0.2, 0.25) is 0 Å². The fraction of sp³-hybridized carbons (Fsp3) is 0.250. The van der Waals surface area contributed by atoms with Crippen LogP contribution in [0.2, 0.25) is 0 Å². The lowest BCUT2D eigenvalue weighted by Crippen LogP contribution is -2.25. The Kier molecular flexibility index (Phi) is 2.52. The number of fused-ring (bicyclic) bond motifs is 1. The lowest BCUT2D eigenvalue weighted by molar-refractivity contribution is 0.628. The number of benzene rings is 1. The van der Waals surface area contributed by atoms with E-state index >= 15 is 0 Å². The van der Waals surface area contributed by atoms with E-state index < -0.39 is 0 Å². The van der Waals surface area contributed by atoms with Crippen molar-refractivity contribution in [1.82, 2.24) is 4.57 Å². The number of nitrogens with two attached hydrogens (primary N) is 1. The highest BCUT2D eigenvalue weighted by atomic mass is 19.1. The lowest BCUT2D eigenvalue weighted by atomic mass is 10.1. The van der Waals surface area contributed by atoms with E-state index in [0.29, 0.717) is 11.1 Å². The first kappa shape index (κ1) is 10.8. The Morgan fingerprint density at radius 2 is 2.06 bits per heavy atom. The van der Waals surface area contributed by atoms with Crippen molar-refractivity contribution in [2.75, 3.05) is 0 Å². The first-order valence-corrected chi connectivity index (χ1v) is 5.05. The summed E-state index contributed by atoms with van der Waals surface area (Å²) in [5, 5.41) is 0.816. The van der Waals surface area contributed by atoms with Gasteiger partial charge in [0.1, 0.15) is 5.82 Å². The predicted octanol–water partition coefficient (Wildman–Crippen LogP) is 1.70. The van der Waals surface area contributed by atoms with Crippen LogP contribution in [0.25, 0.3) is 10.9 Å². The SMILES string of the molecule is CC(N)c1cc2ccc(F)cc2n(C)c1=O. The van der Waals surface area contributed by atoms with Crippen molar-refractivity contribution < 1.29 is 4.39 Å². The molecule has 84 valence electrons. The van der Waals surface area contributed by atoms with Crippen molar-refractivity contribution in [3.8, 4) is 0 Å². The summed E-state index contributed by atoms with van der Waals surface area (Å²) in [6, 6.07) is 5.77. The maximum Gasteiger partial charge on any atom is 0.255 e. The molecule has 3 nitrogen and oxygen atoms in total. The van der Waals surface area contributed by atoms with Crippen molar-refractivity contribution in [2.24, 2.45) is 12.8 Å². The van der Waals surface area contributed by atoms with Gasteiger partial charge in [0.15, 0.2) is 0 Å². The molecule has 1 aromatic carbocycles. The third-order valence-corrected chi connectivity index (χ3v) is 2.71. The summed E-state index contributed by atoms with van der Waals surface area (Å²) in [4.78, 5) is 11.9. The van der Waals surface area contributed by atoms with Crippen LogP contribution in [-0.4, -0.2) is 4.57 Å². The van der Waals surface area contributed by atoms with E-state index in [-0.39, 0.29) is 17.4 Å². The third-order valence-electron chi connectivity index (χ3n) is 2.71. The molecule has 0 saturated carbocycles. The number of hydrogen-bond acceptors (Lipinski definition) is 2. The van der Waals surface area contributed by atoms with Crippen molar-refractivity contribution >= 4 is 10.9 Å². The molecule has 16 heavy (non-hydrogen) atoms. The molecular formula is C12H13FN2O. The normalized spacial score (nSPS) is 13.0. The molecule has 1 atom stereocenters. The molecule has 0 aliphatic carbocycles. The summed E-state index contributed by atoms with van der Waals surface area (Å²) in [5.41, 5.74) is 6.67. The second-order valence-corrected chi connectivity index (χ2v) is 3.96. The fourth-order valence-electron chi connectivity index (χ4n) is 1.79. The van der Waals surface area contributed by atoms with Gasteiger partial charge in [-0.2, -0.15) is 0 Å². The molecule has 0 fully saturated rings. The molecule has 4 heteroatoms. The van der Waals surface area contributed by atoms with Crippen LogP contribution in [0, 0.1) is 5.82 Å². The van der Waals surface area contributed by atoms with Gasteiger partial charge in [0.25, 0.3) is 5.56 Å². The van der Waals surface area contributed by atoms with E-state index in [4.69, 9.17) is 5.73 Å². The highest BCUT2D eigenvalue weighted by Crippen LogP contribution is 2.16. The zero-order valence-electron chi connectivity index (χ0n) is 9.20. The van der Waals surface area contributed by atoms with Crippen LogP contribution >= 0.6 is 0 Å². The van der Waals surface area contributed by atoms with Gasteiger partial charge in [0.05, 0.1) is 5.52 Å². The molecule has 0 aliphatic heterocycles. The fourth-order valence-corrected chi connectivity index (χ4v) is 1.79. The summed E-state index contributed by atoms with van der Waals surface area (Å²) in [7, 11) is 1.62. The van der Waals surface area contributed by atoms with Crippen LogP contribution in [-0.2, 0) is 7.05 Å². The minimum Gasteiger partial charge on any atom is -0.324 e. The summed E-state index contributed by atoms with van der Waals surface area (Å²) >= 11 is 0. The Balaban J connectivity index is 2.88. The van der Waals surface area contributed by atoms with Crippen LogP contribution in [0.15, 0.2) is 29.1 Å². The highest BCUT2D eigenvalue weighted by molar-refractivity contribution is 5.79. The Bertz CT molecular complexity index is 602. The smallest absolute Gasteiger partial charge is 0.255 e. The van der Waals surface area contributed by atoms with Crippen LogP contribution in [0.5, 0.6) is 0 Å². The average molecular weight is 220 g/mol. The number of aromatic nitrogens is 1. The highest BCUT2D eigenvalue weighted by Gasteiger charge is 2.10. The van der Waals surface area contributed by atoms with Gasteiger partial charge >= 0.3 is 0 Å². The minimum absolute atomic E-state index is 0.173. The van der Waals surface area contributed by atoms with Gasteiger partial charge in [-0.3, -0.25) is 4.79 Å². The molecule has 0 aliphatic rings. The van der Waals surface area contributed by atoms with Crippen LogP contribution in [0.1, 0.15) is 18.5 Å². The molecule has 2 rings (SSSR count). The molecule has 0 saturated heterocycles. The maximum atomic E-state index is 13.1. The Hall–Kier alpha value is -1.68. The van der Waals surface area contributed by atoms with Crippen molar-refractivity contribution in [1.29, 1.82) is 0 Å². The molecule has 0 radical (unpaired) electrons. The standard InChI is InChI=1S/C12H13FN2O/c1-7(14)10-5-8-3-4-9(13)6-11(8)15(2)12(10)16/h3-7H,14H2,1-2H3. The van der Waals surface area contributed by atoms with E-state index in [9.17, 15) is 9.18 Å². The summed E-state index contributed by atoms with van der Waals surface area (Å²) < 4.78 is 14.5. The zero-order valence-corrected chi connectivity index (χ0v) is 9.20. The van der Waals surface area contributed by atoms with Crippen LogP contribution < -0.4 is 11.3 Å². The topological polar surface area (TPSA) is 48.0 Å². The van der Waals surface area contributed by atoms with Gasteiger partial charge in [-0.15, -0.1) is 0 Å². The van der Waals surface area contributed by atoms with E-state index in [1.807, 2.05) is 0 Å². The number of halogens is 1. The van der Waals surface area contributed by atoms with Crippen molar-refractivity contribution in [3.05, 3.63) is 46.0 Å². The number of pyridine rings is 1. The molecule has 1 aromatic heterocycles. The molecule has 1 unspecified atom stereocenters. The van der Waals surface area contributed by atoms with E-state index in [1.165, 1.54) is 16.7 Å². The van der Waals surface area contributed by atoms with Crippen LogP contribution in [0.4, 0.5) is 4.39 Å². The first-order valence-electron chi connectivity index (χ1n) is 5.05. The van der Waals surface area contributed by atoms with Gasteiger partial charge in [-0.1, -0.05) is 0 Å². The lowest BCUT2D eigenvalue weighted by Gasteiger charge is -2.10. The van der Waals surface area contributed by atoms with Crippen LogP contribution in [0.3, 0.4) is 0 Å². The minimum atomic E-state index is -0.351. The largest absolute Gasteiger partial charge is 0.324 e. The Labute approximate surface area is 92.3 Å². The molecule has 2 aromatic rings. The van der Waals surface area contributed by atoms with E-state index in [0.717, 1.165) is 5.39 Å². The van der Waals surface area contributed by atoms with Crippen molar-refractivity contribution in [3.63, 3.8) is 0 Å². The first-order chi connectivity index (χ1) is 7.50. The Morgan fingerprint density at radius 1 is 1.38 bits per heavy atom. The number of hydrogen-bond donors (Lipinski definition) is 1. The molecular weight excluding hydrogens is 207 g/mol. The second-order valence-electron chi connectivity index (χ2n) is 3.96. The summed E-state index contributed by atoms with van der Waals surface area (Å²) in [6.45, 7) is 1.76. The number of rotatable bonds is 1. The van der Waals surface area contributed by atoms with Gasteiger partial charge in [0, 0.05) is 18.7 Å². The predicted molar refractivity (Wildman–Crippen MR) is 61.7 cm³/mol. The Morgan fingerprint density at radius 3 is 2.69 bits per heavy atom.